The van der Waals surface area contributed by atoms with E-state index >= 15 is 0 Å². The molecule has 8 heteroatoms. The lowest BCUT2D eigenvalue weighted by Gasteiger charge is -2.02. The Morgan fingerprint density at radius 3 is 2.67 bits per heavy atom. The van der Waals surface area contributed by atoms with Gasteiger partial charge < -0.3 is 9.47 Å². The topological polar surface area (TPSA) is 70.4 Å². The van der Waals surface area contributed by atoms with Crippen LogP contribution in [0, 0.1) is 12.7 Å². The van der Waals surface area contributed by atoms with Gasteiger partial charge in [-0.3, -0.25) is 0 Å². The lowest BCUT2D eigenvalue weighted by Crippen LogP contribution is -2.14. The highest BCUT2D eigenvalue weighted by atomic mass is 32.1. The number of aryl methyl sites for hydroxylation is 1. The second kappa shape index (κ2) is 6.40. The first kappa shape index (κ1) is 16.1. The van der Waals surface area contributed by atoms with Gasteiger partial charge >= 0.3 is 11.9 Å². The Morgan fingerprint density at radius 2 is 2.00 bits per heavy atom. The molecule has 0 atom stereocenters. The molecule has 1 aromatic carbocycles. The van der Waals surface area contributed by atoms with Gasteiger partial charge in [0.15, 0.2) is 6.61 Å². The van der Waals surface area contributed by atoms with Crippen molar-refractivity contribution in [2.24, 2.45) is 0 Å². The standard InChI is InChI=1S/C16H13FN2O4S/c1-9-12-7-13(16(21)23-8-14(20)22-2)24-15(12)19(18-9)11-5-3-10(17)4-6-11/h3-7H,8H2,1-2H3. The van der Waals surface area contributed by atoms with E-state index in [1.165, 1.54) is 30.6 Å². The monoisotopic (exact) mass is 348 g/mol. The van der Waals surface area contributed by atoms with E-state index in [-0.39, 0.29) is 5.82 Å². The predicted molar refractivity (Wildman–Crippen MR) is 85.9 cm³/mol. The fraction of sp³-hybridized carbons (Fsp3) is 0.188. The van der Waals surface area contributed by atoms with Crippen LogP contribution in [0.5, 0.6) is 0 Å². The third-order valence-electron chi connectivity index (χ3n) is 3.37. The molecule has 0 spiro atoms. The molecule has 0 aliphatic rings. The normalized spacial score (nSPS) is 10.8. The van der Waals surface area contributed by atoms with Crippen LogP contribution < -0.4 is 0 Å². The number of nitrogens with zero attached hydrogens (tertiary/aromatic N) is 2. The summed E-state index contributed by atoms with van der Waals surface area (Å²) in [4.78, 5) is 24.2. The van der Waals surface area contributed by atoms with Gasteiger partial charge in [0.2, 0.25) is 0 Å². The Labute approximate surface area is 140 Å². The molecule has 124 valence electrons. The van der Waals surface area contributed by atoms with Gasteiger partial charge in [0, 0.05) is 5.39 Å². The highest BCUT2D eigenvalue weighted by Crippen LogP contribution is 2.30. The van der Waals surface area contributed by atoms with E-state index in [0.29, 0.717) is 10.6 Å². The molecule has 2 aromatic heterocycles. The van der Waals surface area contributed by atoms with E-state index < -0.39 is 18.5 Å². The zero-order chi connectivity index (χ0) is 17.3. The maximum Gasteiger partial charge on any atom is 0.348 e. The maximum atomic E-state index is 13.1. The second-order valence-electron chi connectivity index (χ2n) is 4.96. The van der Waals surface area contributed by atoms with E-state index in [1.807, 2.05) is 6.92 Å². The summed E-state index contributed by atoms with van der Waals surface area (Å²) in [6.07, 6.45) is 0. The van der Waals surface area contributed by atoms with Crippen molar-refractivity contribution in [3.63, 3.8) is 0 Å². The highest BCUT2D eigenvalue weighted by molar-refractivity contribution is 7.20. The summed E-state index contributed by atoms with van der Waals surface area (Å²) < 4.78 is 24.1. The molecule has 6 nitrogen and oxygen atoms in total. The smallest absolute Gasteiger partial charge is 0.348 e. The SMILES string of the molecule is COC(=O)COC(=O)c1cc2c(C)nn(-c3ccc(F)cc3)c2s1. The van der Waals surface area contributed by atoms with Crippen molar-refractivity contribution in [3.8, 4) is 5.69 Å². The molecule has 0 aliphatic carbocycles. The molecule has 0 fully saturated rings. The molecule has 0 unspecified atom stereocenters. The van der Waals surface area contributed by atoms with Crippen molar-refractivity contribution in [2.75, 3.05) is 13.7 Å². The number of carbonyl (C=O) groups is 2. The Hall–Kier alpha value is -2.74. The third-order valence-corrected chi connectivity index (χ3v) is 4.46. The molecule has 0 bridgehead atoms. The lowest BCUT2D eigenvalue weighted by molar-refractivity contribution is -0.144. The van der Waals surface area contributed by atoms with Crippen LogP contribution in [0.3, 0.4) is 0 Å². The van der Waals surface area contributed by atoms with Crippen LogP contribution in [0.15, 0.2) is 30.3 Å². The van der Waals surface area contributed by atoms with E-state index in [9.17, 15) is 14.0 Å². The summed E-state index contributed by atoms with van der Waals surface area (Å²) in [5.41, 5.74) is 1.42. The number of hydrogen-bond acceptors (Lipinski definition) is 6. The van der Waals surface area contributed by atoms with Gasteiger partial charge in [0.25, 0.3) is 0 Å². The lowest BCUT2D eigenvalue weighted by atomic mass is 10.3. The number of hydrogen-bond donors (Lipinski definition) is 0. The number of halogens is 1. The number of fused-ring (bicyclic) bond motifs is 1. The predicted octanol–water partition coefficient (Wildman–Crippen LogP) is 2.86. The summed E-state index contributed by atoms with van der Waals surface area (Å²) in [6, 6.07) is 7.57. The molecular weight excluding hydrogens is 335 g/mol. The van der Waals surface area contributed by atoms with Crippen molar-refractivity contribution in [1.82, 2.24) is 9.78 Å². The summed E-state index contributed by atoms with van der Waals surface area (Å²) in [6.45, 7) is 1.38. The molecular formula is C16H13FN2O4S. The number of esters is 2. The Morgan fingerprint density at radius 1 is 1.29 bits per heavy atom. The molecule has 0 radical (unpaired) electrons. The van der Waals surface area contributed by atoms with E-state index in [4.69, 9.17) is 4.74 Å². The second-order valence-corrected chi connectivity index (χ2v) is 5.99. The molecule has 0 saturated heterocycles. The molecule has 0 N–H and O–H groups in total. The summed E-state index contributed by atoms with van der Waals surface area (Å²) >= 11 is 1.19. The summed E-state index contributed by atoms with van der Waals surface area (Å²) in [7, 11) is 1.22. The molecule has 0 aliphatic heterocycles. The van der Waals surface area contributed by atoms with E-state index in [0.717, 1.165) is 15.9 Å². The first-order valence-corrected chi connectivity index (χ1v) is 7.80. The van der Waals surface area contributed by atoms with Gasteiger partial charge in [-0.2, -0.15) is 5.10 Å². The molecule has 24 heavy (non-hydrogen) atoms. The van der Waals surface area contributed by atoms with Gasteiger partial charge in [-0.05, 0) is 37.3 Å². The minimum Gasteiger partial charge on any atom is -0.466 e. The third kappa shape index (κ3) is 3.00. The fourth-order valence-corrected chi connectivity index (χ4v) is 3.24. The van der Waals surface area contributed by atoms with Crippen molar-refractivity contribution >= 4 is 33.5 Å². The highest BCUT2D eigenvalue weighted by Gasteiger charge is 2.19. The molecule has 3 rings (SSSR count). The quantitative estimate of drug-likeness (QED) is 0.678. The zero-order valence-corrected chi connectivity index (χ0v) is 13.7. The number of rotatable bonds is 4. The minimum absolute atomic E-state index is 0.336. The zero-order valence-electron chi connectivity index (χ0n) is 12.9. The van der Waals surface area contributed by atoms with Crippen LogP contribution in [0.25, 0.3) is 15.9 Å². The fourth-order valence-electron chi connectivity index (χ4n) is 2.16. The van der Waals surface area contributed by atoms with Gasteiger partial charge in [-0.1, -0.05) is 0 Å². The van der Waals surface area contributed by atoms with Crippen molar-refractivity contribution in [3.05, 3.63) is 46.7 Å². The average Bonchev–Trinajstić information content (AvgIpc) is 3.14. The van der Waals surface area contributed by atoms with Crippen LogP contribution in [0.2, 0.25) is 0 Å². The minimum atomic E-state index is -0.627. The van der Waals surface area contributed by atoms with E-state index in [2.05, 4.69) is 9.84 Å². The first-order valence-electron chi connectivity index (χ1n) is 6.98. The van der Waals surface area contributed by atoms with Crippen LogP contribution >= 0.6 is 11.3 Å². The van der Waals surface area contributed by atoms with Crippen LogP contribution in [0.1, 0.15) is 15.4 Å². The largest absolute Gasteiger partial charge is 0.466 e. The van der Waals surface area contributed by atoms with Crippen LogP contribution in [-0.2, 0) is 14.3 Å². The van der Waals surface area contributed by atoms with Crippen LogP contribution in [-0.4, -0.2) is 35.4 Å². The molecule has 0 saturated carbocycles. The van der Waals surface area contributed by atoms with Crippen LogP contribution in [0.4, 0.5) is 4.39 Å². The Kier molecular flexibility index (Phi) is 4.30. The number of ether oxygens (including phenoxy) is 2. The van der Waals surface area contributed by atoms with Gasteiger partial charge in [-0.15, -0.1) is 11.3 Å². The number of thiophene rings is 1. The van der Waals surface area contributed by atoms with Gasteiger partial charge in [0.1, 0.15) is 15.5 Å². The van der Waals surface area contributed by atoms with Gasteiger partial charge in [-0.25, -0.2) is 18.7 Å². The molecule has 3 aromatic rings. The average molecular weight is 348 g/mol. The van der Waals surface area contributed by atoms with Crippen molar-refractivity contribution in [2.45, 2.75) is 6.92 Å². The van der Waals surface area contributed by atoms with Crippen molar-refractivity contribution < 1.29 is 23.5 Å². The number of carbonyl (C=O) groups excluding carboxylic acids is 2. The van der Waals surface area contributed by atoms with E-state index in [1.54, 1.807) is 22.9 Å². The Balaban J connectivity index is 1.94. The molecule has 2 heterocycles. The Bertz CT molecular complexity index is 914. The maximum absolute atomic E-state index is 13.1. The first-order chi connectivity index (χ1) is 11.5. The number of methoxy groups -OCH3 is 1. The summed E-state index contributed by atoms with van der Waals surface area (Å²) in [5.74, 6) is -1.57. The molecule has 0 amide bonds. The summed E-state index contributed by atoms with van der Waals surface area (Å²) in [5, 5.41) is 5.22. The number of benzene rings is 1. The van der Waals surface area contributed by atoms with Gasteiger partial charge in [0.05, 0.1) is 18.5 Å². The number of aromatic nitrogens is 2. The van der Waals surface area contributed by atoms with Crippen molar-refractivity contribution in [1.29, 1.82) is 0 Å².